The third kappa shape index (κ3) is 9.03. The Morgan fingerprint density at radius 2 is 1.92 bits per heavy atom. The number of carbonyl (C=O) groups excluding carboxylic acids is 1. The van der Waals surface area contributed by atoms with Crippen molar-refractivity contribution in [1.82, 2.24) is 16.0 Å². The molecule has 24 heavy (non-hydrogen) atoms. The summed E-state index contributed by atoms with van der Waals surface area (Å²) in [5.41, 5.74) is 0. The molecule has 0 aliphatic carbocycles. The normalized spacial score (nSPS) is 12.6. The predicted octanol–water partition coefficient (Wildman–Crippen LogP) is 2.90. The van der Waals surface area contributed by atoms with E-state index in [0.29, 0.717) is 18.9 Å². The van der Waals surface area contributed by atoms with Gasteiger partial charge in [0.2, 0.25) is 5.91 Å². The van der Waals surface area contributed by atoms with Crippen LogP contribution in [0.4, 0.5) is 0 Å². The SMILES string of the molecule is CCC(C)NC(=O)CCNC(=NC)NCCSc1ccc(Cl)cc1. The van der Waals surface area contributed by atoms with Crippen LogP contribution in [0, 0.1) is 0 Å². The number of nitrogens with one attached hydrogen (secondary N) is 3. The van der Waals surface area contributed by atoms with Crippen LogP contribution < -0.4 is 16.0 Å². The van der Waals surface area contributed by atoms with Crippen molar-refractivity contribution in [3.05, 3.63) is 29.3 Å². The van der Waals surface area contributed by atoms with Crippen LogP contribution in [0.2, 0.25) is 5.02 Å². The smallest absolute Gasteiger partial charge is 0.221 e. The van der Waals surface area contributed by atoms with E-state index < -0.39 is 0 Å². The molecule has 0 bridgehead atoms. The van der Waals surface area contributed by atoms with Crippen molar-refractivity contribution in [2.24, 2.45) is 4.99 Å². The zero-order chi connectivity index (χ0) is 17.8. The van der Waals surface area contributed by atoms with E-state index in [1.165, 1.54) is 4.90 Å². The van der Waals surface area contributed by atoms with Crippen LogP contribution in [-0.2, 0) is 4.79 Å². The summed E-state index contributed by atoms with van der Waals surface area (Å²) < 4.78 is 0. The second-order valence-electron chi connectivity index (χ2n) is 5.35. The maximum Gasteiger partial charge on any atom is 0.221 e. The molecule has 1 aromatic carbocycles. The fourth-order valence-corrected chi connectivity index (χ4v) is 2.73. The van der Waals surface area contributed by atoms with Crippen LogP contribution in [0.3, 0.4) is 0 Å². The number of halogens is 1. The first-order valence-electron chi connectivity index (χ1n) is 8.17. The number of rotatable bonds is 9. The number of amides is 1. The minimum absolute atomic E-state index is 0.0607. The predicted molar refractivity (Wildman–Crippen MR) is 104 cm³/mol. The van der Waals surface area contributed by atoms with Gasteiger partial charge >= 0.3 is 0 Å². The van der Waals surface area contributed by atoms with Gasteiger partial charge in [0.15, 0.2) is 5.96 Å². The first-order valence-corrected chi connectivity index (χ1v) is 9.53. The molecule has 0 fully saturated rings. The van der Waals surface area contributed by atoms with E-state index in [2.05, 4.69) is 27.9 Å². The van der Waals surface area contributed by atoms with Crippen LogP contribution in [0.1, 0.15) is 26.7 Å². The Kier molecular flexibility index (Phi) is 10.4. The van der Waals surface area contributed by atoms with Crippen LogP contribution >= 0.6 is 23.4 Å². The Hall–Kier alpha value is -1.40. The maximum atomic E-state index is 11.7. The Labute approximate surface area is 154 Å². The van der Waals surface area contributed by atoms with Crippen LogP contribution in [0.15, 0.2) is 34.2 Å². The highest BCUT2D eigenvalue weighted by atomic mass is 35.5. The molecule has 0 heterocycles. The molecule has 0 spiro atoms. The number of aliphatic imine (C=N–C) groups is 1. The number of hydrogen-bond acceptors (Lipinski definition) is 3. The molecule has 1 aromatic rings. The summed E-state index contributed by atoms with van der Waals surface area (Å²) in [5, 5.41) is 10.1. The molecule has 5 nitrogen and oxygen atoms in total. The zero-order valence-corrected chi connectivity index (χ0v) is 16.1. The number of hydrogen-bond donors (Lipinski definition) is 3. The lowest BCUT2D eigenvalue weighted by atomic mass is 10.2. The molecular formula is C17H27ClN4OS. The van der Waals surface area contributed by atoms with Crippen LogP contribution in [-0.4, -0.2) is 43.8 Å². The number of carbonyl (C=O) groups is 1. The molecular weight excluding hydrogens is 344 g/mol. The van der Waals surface area contributed by atoms with Crippen LogP contribution in [0.5, 0.6) is 0 Å². The number of thioether (sulfide) groups is 1. The van der Waals surface area contributed by atoms with Gasteiger partial charge in [0.1, 0.15) is 0 Å². The third-order valence-corrected chi connectivity index (χ3v) is 4.63. The molecule has 1 amide bonds. The first kappa shape index (κ1) is 20.6. The molecule has 0 radical (unpaired) electrons. The molecule has 1 unspecified atom stereocenters. The summed E-state index contributed by atoms with van der Waals surface area (Å²) in [6, 6.07) is 8.02. The van der Waals surface area contributed by atoms with Crippen LogP contribution in [0.25, 0.3) is 0 Å². The minimum atomic E-state index is 0.0607. The van der Waals surface area contributed by atoms with Gasteiger partial charge in [-0.25, -0.2) is 0 Å². The average Bonchev–Trinajstić information content (AvgIpc) is 2.58. The van der Waals surface area contributed by atoms with E-state index >= 15 is 0 Å². The Morgan fingerprint density at radius 1 is 1.25 bits per heavy atom. The summed E-state index contributed by atoms with van der Waals surface area (Å²) in [6.45, 7) is 5.40. The van der Waals surface area contributed by atoms with Gasteiger partial charge in [-0.15, -0.1) is 11.8 Å². The van der Waals surface area contributed by atoms with Crippen molar-refractivity contribution < 1.29 is 4.79 Å². The van der Waals surface area contributed by atoms with Crippen molar-refractivity contribution in [1.29, 1.82) is 0 Å². The number of guanidine groups is 1. The molecule has 7 heteroatoms. The molecule has 0 aromatic heterocycles. The number of nitrogens with zero attached hydrogens (tertiary/aromatic N) is 1. The van der Waals surface area contributed by atoms with Crippen molar-refractivity contribution in [3.8, 4) is 0 Å². The lowest BCUT2D eigenvalue weighted by Crippen LogP contribution is -2.41. The monoisotopic (exact) mass is 370 g/mol. The van der Waals surface area contributed by atoms with Gasteiger partial charge in [0, 0.05) is 48.3 Å². The van der Waals surface area contributed by atoms with Gasteiger partial charge in [-0.1, -0.05) is 18.5 Å². The highest BCUT2D eigenvalue weighted by molar-refractivity contribution is 7.99. The largest absolute Gasteiger partial charge is 0.356 e. The van der Waals surface area contributed by atoms with E-state index in [-0.39, 0.29) is 11.9 Å². The van der Waals surface area contributed by atoms with E-state index in [1.54, 1.807) is 18.8 Å². The second-order valence-corrected chi connectivity index (χ2v) is 6.96. The molecule has 0 saturated heterocycles. The fourth-order valence-electron chi connectivity index (χ4n) is 1.83. The quantitative estimate of drug-likeness (QED) is 0.270. The topological polar surface area (TPSA) is 65.5 Å². The molecule has 134 valence electrons. The number of benzene rings is 1. The van der Waals surface area contributed by atoms with Crippen molar-refractivity contribution in [2.75, 3.05) is 25.9 Å². The van der Waals surface area contributed by atoms with Gasteiger partial charge in [0.25, 0.3) is 0 Å². The minimum Gasteiger partial charge on any atom is -0.356 e. The van der Waals surface area contributed by atoms with Crippen molar-refractivity contribution >= 4 is 35.2 Å². The lowest BCUT2D eigenvalue weighted by Gasteiger charge is -2.13. The lowest BCUT2D eigenvalue weighted by molar-refractivity contribution is -0.121. The maximum absolute atomic E-state index is 11.7. The van der Waals surface area contributed by atoms with Gasteiger partial charge in [-0.3, -0.25) is 9.79 Å². The van der Waals surface area contributed by atoms with E-state index in [1.807, 2.05) is 31.2 Å². The highest BCUT2D eigenvalue weighted by Gasteiger charge is 2.05. The summed E-state index contributed by atoms with van der Waals surface area (Å²) in [4.78, 5) is 17.0. The average molecular weight is 371 g/mol. The molecule has 0 saturated carbocycles. The van der Waals surface area contributed by atoms with Gasteiger partial charge in [-0.05, 0) is 37.6 Å². The molecule has 1 atom stereocenters. The molecule has 3 N–H and O–H groups in total. The Balaban J connectivity index is 2.16. The van der Waals surface area contributed by atoms with E-state index in [0.717, 1.165) is 23.7 Å². The molecule has 0 aliphatic heterocycles. The molecule has 1 rings (SSSR count). The van der Waals surface area contributed by atoms with Gasteiger partial charge < -0.3 is 16.0 Å². The molecule has 0 aliphatic rings. The summed E-state index contributed by atoms with van der Waals surface area (Å²) in [5.74, 6) is 1.69. The standard InChI is InChI=1S/C17H27ClN4OS/c1-4-13(2)22-16(23)9-10-20-17(19-3)21-11-12-24-15-7-5-14(18)6-8-15/h5-8,13H,4,9-12H2,1-3H3,(H,22,23)(H2,19,20,21). The van der Waals surface area contributed by atoms with Gasteiger partial charge in [-0.2, -0.15) is 0 Å². The third-order valence-electron chi connectivity index (χ3n) is 3.36. The zero-order valence-electron chi connectivity index (χ0n) is 14.6. The van der Waals surface area contributed by atoms with Crippen molar-refractivity contribution in [3.63, 3.8) is 0 Å². The second kappa shape index (κ2) is 12.0. The van der Waals surface area contributed by atoms with Gasteiger partial charge in [0.05, 0.1) is 0 Å². The Bertz CT molecular complexity index is 522. The summed E-state index contributed by atoms with van der Waals surface area (Å²) in [6.07, 6.45) is 1.37. The summed E-state index contributed by atoms with van der Waals surface area (Å²) in [7, 11) is 1.72. The first-order chi connectivity index (χ1) is 11.5. The Morgan fingerprint density at radius 3 is 2.54 bits per heavy atom. The highest BCUT2D eigenvalue weighted by Crippen LogP contribution is 2.19. The van der Waals surface area contributed by atoms with Crippen molar-refractivity contribution in [2.45, 2.75) is 37.6 Å². The fraction of sp³-hybridized carbons (Fsp3) is 0.529. The van der Waals surface area contributed by atoms with E-state index in [9.17, 15) is 4.79 Å². The van der Waals surface area contributed by atoms with E-state index in [4.69, 9.17) is 11.6 Å². The summed E-state index contributed by atoms with van der Waals surface area (Å²) >= 11 is 7.62.